The number of thioether (sulfide) groups is 1. The van der Waals surface area contributed by atoms with Crippen LogP contribution in [0.2, 0.25) is 0 Å². The predicted molar refractivity (Wildman–Crippen MR) is 54.5 cm³/mol. The summed E-state index contributed by atoms with van der Waals surface area (Å²) in [6.45, 7) is 6.58. The van der Waals surface area contributed by atoms with Gasteiger partial charge < -0.3 is 4.74 Å². The second-order valence-corrected chi connectivity index (χ2v) is 5.21. The highest BCUT2D eigenvalue weighted by molar-refractivity contribution is 8.00. The quantitative estimate of drug-likeness (QED) is 0.716. The van der Waals surface area contributed by atoms with Crippen LogP contribution in [0, 0.1) is 0 Å². The number of ether oxygens (including phenoxy) is 1. The SMILES string of the molecule is COC(C)C1(C)NC(C)CCS1. The summed E-state index contributed by atoms with van der Waals surface area (Å²) in [6.07, 6.45) is 1.53. The van der Waals surface area contributed by atoms with E-state index in [1.165, 1.54) is 12.2 Å². The van der Waals surface area contributed by atoms with Crippen molar-refractivity contribution in [1.29, 1.82) is 0 Å². The lowest BCUT2D eigenvalue weighted by molar-refractivity contribution is 0.0703. The molecule has 3 unspecified atom stereocenters. The number of rotatable bonds is 2. The van der Waals surface area contributed by atoms with Gasteiger partial charge in [0.05, 0.1) is 11.0 Å². The summed E-state index contributed by atoms with van der Waals surface area (Å²) in [5.74, 6) is 1.23. The molecule has 1 rings (SSSR count). The molecular weight excluding hydrogens is 170 g/mol. The zero-order valence-corrected chi connectivity index (χ0v) is 9.20. The van der Waals surface area contributed by atoms with Crippen molar-refractivity contribution >= 4 is 11.8 Å². The lowest BCUT2D eigenvalue weighted by Gasteiger charge is -2.41. The molecule has 0 aromatic heterocycles. The molecule has 1 fully saturated rings. The zero-order chi connectivity index (χ0) is 9.19. The Morgan fingerprint density at radius 1 is 1.67 bits per heavy atom. The number of nitrogens with one attached hydrogen (secondary N) is 1. The van der Waals surface area contributed by atoms with Crippen LogP contribution in [0.5, 0.6) is 0 Å². The van der Waals surface area contributed by atoms with Crippen LogP contribution < -0.4 is 5.32 Å². The largest absolute Gasteiger partial charge is 0.379 e. The molecule has 0 bridgehead atoms. The van der Waals surface area contributed by atoms with Crippen LogP contribution in [0.1, 0.15) is 27.2 Å². The molecule has 0 aromatic carbocycles. The molecule has 0 amide bonds. The Bertz CT molecular complexity index is 153. The maximum atomic E-state index is 5.36. The highest BCUT2D eigenvalue weighted by Crippen LogP contribution is 2.32. The number of hydrogen-bond donors (Lipinski definition) is 1. The van der Waals surface area contributed by atoms with E-state index in [0.717, 1.165) is 0 Å². The Balaban J connectivity index is 2.56. The van der Waals surface area contributed by atoms with Crippen molar-refractivity contribution in [2.75, 3.05) is 12.9 Å². The standard InChI is InChI=1S/C9H19NOS/c1-7-5-6-12-9(3,10-7)8(2)11-4/h7-8,10H,5-6H2,1-4H3. The Hall–Kier alpha value is 0.270. The molecule has 2 nitrogen and oxygen atoms in total. The van der Waals surface area contributed by atoms with Crippen molar-refractivity contribution in [2.45, 2.75) is 44.2 Å². The van der Waals surface area contributed by atoms with Crippen LogP contribution in [0.15, 0.2) is 0 Å². The Labute approximate surface area is 79.4 Å². The molecular formula is C9H19NOS. The summed E-state index contributed by atoms with van der Waals surface area (Å²) < 4.78 is 5.36. The van der Waals surface area contributed by atoms with Gasteiger partial charge in [-0.3, -0.25) is 5.32 Å². The molecule has 1 heterocycles. The molecule has 1 aliphatic rings. The average Bonchev–Trinajstić information content (AvgIpc) is 2.02. The average molecular weight is 189 g/mol. The van der Waals surface area contributed by atoms with Crippen LogP contribution in [0.3, 0.4) is 0 Å². The van der Waals surface area contributed by atoms with Crippen molar-refractivity contribution in [1.82, 2.24) is 5.32 Å². The summed E-state index contributed by atoms with van der Waals surface area (Å²) in [5, 5.41) is 3.58. The topological polar surface area (TPSA) is 21.3 Å². The summed E-state index contributed by atoms with van der Waals surface area (Å²) in [4.78, 5) is 0.104. The first-order valence-electron chi connectivity index (χ1n) is 4.53. The molecule has 1 saturated heterocycles. The first-order chi connectivity index (χ1) is 5.58. The summed E-state index contributed by atoms with van der Waals surface area (Å²) in [7, 11) is 1.78. The van der Waals surface area contributed by atoms with Crippen LogP contribution in [0.25, 0.3) is 0 Å². The molecule has 1 N–H and O–H groups in total. The van der Waals surface area contributed by atoms with E-state index in [2.05, 4.69) is 26.1 Å². The molecule has 72 valence electrons. The smallest absolute Gasteiger partial charge is 0.0880 e. The van der Waals surface area contributed by atoms with Gasteiger partial charge in [-0.25, -0.2) is 0 Å². The minimum atomic E-state index is 0.104. The third-order valence-electron chi connectivity index (χ3n) is 2.62. The molecule has 0 saturated carbocycles. The number of methoxy groups -OCH3 is 1. The normalized spacial score (nSPS) is 39.5. The van der Waals surface area contributed by atoms with E-state index in [-0.39, 0.29) is 11.0 Å². The molecule has 3 heteroatoms. The first kappa shape index (κ1) is 10.4. The van der Waals surface area contributed by atoms with E-state index in [4.69, 9.17) is 4.74 Å². The second-order valence-electron chi connectivity index (χ2n) is 3.67. The van der Waals surface area contributed by atoms with Gasteiger partial charge in [0, 0.05) is 13.2 Å². The van der Waals surface area contributed by atoms with Gasteiger partial charge in [-0.15, -0.1) is 11.8 Å². The Morgan fingerprint density at radius 3 is 2.83 bits per heavy atom. The minimum Gasteiger partial charge on any atom is -0.379 e. The zero-order valence-electron chi connectivity index (χ0n) is 8.39. The fourth-order valence-corrected chi connectivity index (χ4v) is 3.02. The molecule has 0 spiro atoms. The molecule has 3 atom stereocenters. The number of hydrogen-bond acceptors (Lipinski definition) is 3. The van der Waals surface area contributed by atoms with Gasteiger partial charge in [0.1, 0.15) is 0 Å². The van der Waals surface area contributed by atoms with Crippen LogP contribution in [-0.4, -0.2) is 29.9 Å². The van der Waals surface area contributed by atoms with E-state index in [1.54, 1.807) is 7.11 Å². The highest BCUT2D eigenvalue weighted by Gasteiger charge is 2.35. The van der Waals surface area contributed by atoms with Gasteiger partial charge in [-0.2, -0.15) is 0 Å². The van der Waals surface area contributed by atoms with Crippen LogP contribution in [0.4, 0.5) is 0 Å². The van der Waals surface area contributed by atoms with Gasteiger partial charge in [-0.1, -0.05) is 0 Å². The van der Waals surface area contributed by atoms with Crippen molar-refractivity contribution < 1.29 is 4.74 Å². The fourth-order valence-electron chi connectivity index (χ4n) is 1.51. The van der Waals surface area contributed by atoms with Gasteiger partial charge in [-0.05, 0) is 32.9 Å². The first-order valence-corrected chi connectivity index (χ1v) is 5.51. The summed E-state index contributed by atoms with van der Waals surface area (Å²) >= 11 is 1.97. The molecule has 12 heavy (non-hydrogen) atoms. The Kier molecular flexibility index (Phi) is 3.44. The third-order valence-corrected chi connectivity index (χ3v) is 4.10. The molecule has 0 aromatic rings. The van der Waals surface area contributed by atoms with Crippen LogP contribution >= 0.6 is 11.8 Å². The van der Waals surface area contributed by atoms with Crippen molar-refractivity contribution in [3.8, 4) is 0 Å². The highest BCUT2D eigenvalue weighted by atomic mass is 32.2. The van der Waals surface area contributed by atoms with E-state index in [1.807, 2.05) is 11.8 Å². The maximum absolute atomic E-state index is 5.36. The Morgan fingerprint density at radius 2 is 2.33 bits per heavy atom. The molecule has 0 radical (unpaired) electrons. The lowest BCUT2D eigenvalue weighted by Crippen LogP contribution is -2.55. The van der Waals surface area contributed by atoms with E-state index in [0.29, 0.717) is 6.04 Å². The van der Waals surface area contributed by atoms with Crippen molar-refractivity contribution in [2.24, 2.45) is 0 Å². The van der Waals surface area contributed by atoms with Crippen molar-refractivity contribution in [3.05, 3.63) is 0 Å². The van der Waals surface area contributed by atoms with Crippen LogP contribution in [-0.2, 0) is 4.74 Å². The summed E-state index contributed by atoms with van der Waals surface area (Å²) in [5.41, 5.74) is 0. The second kappa shape index (κ2) is 3.99. The minimum absolute atomic E-state index is 0.104. The fraction of sp³-hybridized carbons (Fsp3) is 1.00. The summed E-state index contributed by atoms with van der Waals surface area (Å²) in [6, 6.07) is 0.619. The van der Waals surface area contributed by atoms with Gasteiger partial charge in [0.2, 0.25) is 0 Å². The monoisotopic (exact) mass is 189 g/mol. The predicted octanol–water partition coefficient (Wildman–Crippen LogP) is 1.85. The van der Waals surface area contributed by atoms with Crippen molar-refractivity contribution in [3.63, 3.8) is 0 Å². The third kappa shape index (κ3) is 2.15. The van der Waals surface area contributed by atoms with Gasteiger partial charge in [0.25, 0.3) is 0 Å². The molecule has 0 aliphatic carbocycles. The molecule has 1 aliphatic heterocycles. The lowest BCUT2D eigenvalue weighted by atomic mass is 10.1. The maximum Gasteiger partial charge on any atom is 0.0880 e. The van der Waals surface area contributed by atoms with Gasteiger partial charge in [0.15, 0.2) is 0 Å². The van der Waals surface area contributed by atoms with E-state index in [9.17, 15) is 0 Å². The van der Waals surface area contributed by atoms with Gasteiger partial charge >= 0.3 is 0 Å². The van der Waals surface area contributed by atoms with E-state index < -0.39 is 0 Å². The van der Waals surface area contributed by atoms with E-state index >= 15 is 0 Å².